The highest BCUT2D eigenvalue weighted by atomic mass is 16.3. The van der Waals surface area contributed by atoms with Crippen LogP contribution in [0.5, 0.6) is 11.5 Å². The van der Waals surface area contributed by atoms with E-state index in [0.717, 1.165) is 22.5 Å². The zero-order valence-corrected chi connectivity index (χ0v) is 13.7. The molecule has 1 aliphatic heterocycles. The average Bonchev–Trinajstić information content (AvgIpc) is 2.58. The van der Waals surface area contributed by atoms with Gasteiger partial charge >= 0.3 is 0 Å². The van der Waals surface area contributed by atoms with E-state index in [0.29, 0.717) is 5.69 Å². The van der Waals surface area contributed by atoms with Crippen molar-refractivity contribution < 1.29 is 10.2 Å². The van der Waals surface area contributed by atoms with Gasteiger partial charge in [-0.25, -0.2) is 0 Å². The van der Waals surface area contributed by atoms with E-state index < -0.39 is 0 Å². The summed E-state index contributed by atoms with van der Waals surface area (Å²) < 4.78 is 0. The first-order chi connectivity index (χ1) is 11.5. The molecule has 0 atom stereocenters. The molecule has 0 radical (unpaired) electrons. The molecule has 0 unspecified atom stereocenters. The van der Waals surface area contributed by atoms with E-state index in [2.05, 4.69) is 26.0 Å². The van der Waals surface area contributed by atoms with Gasteiger partial charge < -0.3 is 15.1 Å². The van der Waals surface area contributed by atoms with E-state index in [1.54, 1.807) is 18.2 Å². The monoisotopic (exact) mass is 317 g/mol. The molecule has 0 saturated heterocycles. The Morgan fingerprint density at radius 3 is 1.62 bits per heavy atom. The van der Waals surface area contributed by atoms with Crippen molar-refractivity contribution in [3.8, 4) is 11.5 Å². The van der Waals surface area contributed by atoms with Crippen LogP contribution in [-0.4, -0.2) is 10.2 Å². The van der Waals surface area contributed by atoms with Gasteiger partial charge in [-0.2, -0.15) is 0 Å². The molecule has 1 aliphatic rings. The number of phenols is 2. The van der Waals surface area contributed by atoms with Gasteiger partial charge in [-0.1, -0.05) is 56.3 Å². The minimum atomic E-state index is -0.163. The van der Waals surface area contributed by atoms with Crippen molar-refractivity contribution in [2.45, 2.75) is 19.3 Å². The number of nitrogens with zero attached hydrogens (tertiary/aromatic N) is 1. The molecule has 0 spiro atoms. The smallest absolute Gasteiger partial charge is 0.143 e. The Bertz CT molecular complexity index is 861. The summed E-state index contributed by atoms with van der Waals surface area (Å²) in [4.78, 5) is 1.95. The Hall–Kier alpha value is -2.94. The van der Waals surface area contributed by atoms with Crippen molar-refractivity contribution >= 4 is 17.1 Å². The third-order valence-electron chi connectivity index (χ3n) is 4.85. The Labute approximate surface area is 141 Å². The molecule has 3 heteroatoms. The summed E-state index contributed by atoms with van der Waals surface area (Å²) in [6.45, 7) is 4.40. The third kappa shape index (κ3) is 1.91. The molecular weight excluding hydrogens is 298 g/mol. The predicted octanol–water partition coefficient (Wildman–Crippen LogP) is 5.21. The van der Waals surface area contributed by atoms with Crippen molar-refractivity contribution in [2.24, 2.45) is 0 Å². The molecule has 4 rings (SSSR count). The van der Waals surface area contributed by atoms with E-state index in [1.807, 2.05) is 41.3 Å². The molecule has 0 bridgehead atoms. The summed E-state index contributed by atoms with van der Waals surface area (Å²) in [5.41, 5.74) is 4.51. The second-order valence-corrected chi connectivity index (χ2v) is 6.64. The van der Waals surface area contributed by atoms with E-state index in [1.165, 1.54) is 0 Å². The van der Waals surface area contributed by atoms with Crippen molar-refractivity contribution in [3.63, 3.8) is 0 Å². The topological polar surface area (TPSA) is 43.7 Å². The lowest BCUT2D eigenvalue weighted by atomic mass is 9.73. The number of aromatic hydroxyl groups is 2. The zero-order chi connectivity index (χ0) is 16.9. The maximum Gasteiger partial charge on any atom is 0.143 e. The molecule has 2 N–H and O–H groups in total. The number of phenolic OH excluding ortho intramolecular Hbond substituents is 2. The van der Waals surface area contributed by atoms with Crippen LogP contribution < -0.4 is 4.90 Å². The predicted molar refractivity (Wildman–Crippen MR) is 96.6 cm³/mol. The van der Waals surface area contributed by atoms with E-state index in [9.17, 15) is 10.2 Å². The van der Waals surface area contributed by atoms with Crippen LogP contribution in [0.4, 0.5) is 17.1 Å². The van der Waals surface area contributed by atoms with Gasteiger partial charge in [0.15, 0.2) is 0 Å². The van der Waals surface area contributed by atoms with Gasteiger partial charge in [0.1, 0.15) is 17.2 Å². The van der Waals surface area contributed by atoms with Crippen LogP contribution >= 0.6 is 0 Å². The molecule has 0 aromatic heterocycles. The quantitative estimate of drug-likeness (QED) is 0.648. The number of para-hydroxylation sites is 3. The minimum absolute atomic E-state index is 0.0549. The van der Waals surface area contributed by atoms with Crippen LogP contribution in [0.25, 0.3) is 0 Å². The molecule has 3 aromatic carbocycles. The lowest BCUT2D eigenvalue weighted by Gasteiger charge is -2.42. The highest BCUT2D eigenvalue weighted by Gasteiger charge is 2.37. The minimum Gasteiger partial charge on any atom is -0.506 e. The highest BCUT2D eigenvalue weighted by molar-refractivity contribution is 5.90. The summed E-state index contributed by atoms with van der Waals surface area (Å²) in [6.07, 6.45) is 0. The largest absolute Gasteiger partial charge is 0.506 e. The van der Waals surface area contributed by atoms with Crippen LogP contribution in [-0.2, 0) is 5.41 Å². The Morgan fingerprint density at radius 2 is 1.12 bits per heavy atom. The molecule has 3 aromatic rings. The van der Waals surface area contributed by atoms with Gasteiger partial charge in [0, 0.05) is 5.41 Å². The highest BCUT2D eigenvalue weighted by Crippen LogP contribution is 2.54. The van der Waals surface area contributed by atoms with E-state index in [4.69, 9.17) is 0 Å². The first-order valence-electron chi connectivity index (χ1n) is 8.02. The standard InChI is InChI=1S/C21H19NO2/c1-21(2)14-8-3-5-10-16(14)22(17-11-6-4-9-15(17)21)20-18(23)12-7-13-19(20)24/h3-13,23-24H,1-2H3. The van der Waals surface area contributed by atoms with Crippen LogP contribution in [0.15, 0.2) is 66.7 Å². The molecule has 0 fully saturated rings. The van der Waals surface area contributed by atoms with Crippen molar-refractivity contribution in [3.05, 3.63) is 77.9 Å². The second-order valence-electron chi connectivity index (χ2n) is 6.64. The third-order valence-corrected chi connectivity index (χ3v) is 4.85. The first kappa shape index (κ1) is 14.6. The number of anilines is 3. The summed E-state index contributed by atoms with van der Waals surface area (Å²) in [5.74, 6) is 0.110. The van der Waals surface area contributed by atoms with Gasteiger partial charge in [0.2, 0.25) is 0 Å². The first-order valence-corrected chi connectivity index (χ1v) is 8.02. The summed E-state index contributed by atoms with van der Waals surface area (Å²) >= 11 is 0. The van der Waals surface area contributed by atoms with Gasteiger partial charge in [0.25, 0.3) is 0 Å². The normalized spacial score (nSPS) is 14.8. The van der Waals surface area contributed by atoms with Crippen molar-refractivity contribution in [2.75, 3.05) is 4.90 Å². The number of fused-ring (bicyclic) bond motifs is 2. The summed E-state index contributed by atoms with van der Waals surface area (Å²) in [7, 11) is 0. The Morgan fingerprint density at radius 1 is 0.667 bits per heavy atom. The van der Waals surface area contributed by atoms with Crippen LogP contribution in [0, 0.1) is 0 Å². The Balaban J connectivity index is 2.10. The summed E-state index contributed by atoms with van der Waals surface area (Å²) in [6, 6.07) is 21.1. The molecule has 24 heavy (non-hydrogen) atoms. The van der Waals surface area contributed by atoms with Crippen LogP contribution in [0.3, 0.4) is 0 Å². The van der Waals surface area contributed by atoms with Gasteiger partial charge in [-0.3, -0.25) is 0 Å². The molecule has 0 saturated carbocycles. The molecule has 120 valence electrons. The van der Waals surface area contributed by atoms with E-state index >= 15 is 0 Å². The van der Waals surface area contributed by atoms with Crippen molar-refractivity contribution in [1.29, 1.82) is 0 Å². The van der Waals surface area contributed by atoms with Crippen molar-refractivity contribution in [1.82, 2.24) is 0 Å². The lowest BCUT2D eigenvalue weighted by molar-refractivity contribution is 0.452. The number of hydrogen-bond donors (Lipinski definition) is 2. The molecule has 1 heterocycles. The van der Waals surface area contributed by atoms with Crippen LogP contribution in [0.1, 0.15) is 25.0 Å². The fourth-order valence-electron chi connectivity index (χ4n) is 3.66. The van der Waals surface area contributed by atoms with Crippen LogP contribution in [0.2, 0.25) is 0 Å². The van der Waals surface area contributed by atoms with Gasteiger partial charge in [0.05, 0.1) is 11.4 Å². The fraction of sp³-hybridized carbons (Fsp3) is 0.143. The maximum atomic E-state index is 10.4. The Kier molecular flexibility index (Phi) is 3.07. The average molecular weight is 317 g/mol. The zero-order valence-electron chi connectivity index (χ0n) is 13.7. The maximum absolute atomic E-state index is 10.4. The summed E-state index contributed by atoms with van der Waals surface area (Å²) in [5, 5.41) is 20.8. The molecule has 0 aliphatic carbocycles. The lowest BCUT2D eigenvalue weighted by Crippen LogP contribution is -2.30. The molecule has 3 nitrogen and oxygen atoms in total. The number of benzene rings is 3. The fourth-order valence-corrected chi connectivity index (χ4v) is 3.66. The molecular formula is C21H19NO2. The number of hydrogen-bond acceptors (Lipinski definition) is 3. The molecule has 0 amide bonds. The number of rotatable bonds is 1. The second kappa shape index (κ2) is 5.03. The SMILES string of the molecule is CC1(C)c2ccccc2N(c2c(O)cccc2O)c2ccccc21. The van der Waals surface area contributed by atoms with Gasteiger partial charge in [-0.05, 0) is 35.4 Å². The van der Waals surface area contributed by atoms with Gasteiger partial charge in [-0.15, -0.1) is 0 Å². The van der Waals surface area contributed by atoms with E-state index in [-0.39, 0.29) is 16.9 Å².